The smallest absolute Gasteiger partial charge is 0.406 e. The lowest BCUT2D eigenvalue weighted by molar-refractivity contribution is -0.163. The van der Waals surface area contributed by atoms with Crippen LogP contribution in [0.25, 0.3) is 11.3 Å². The number of carbonyl (C=O) groups is 1. The van der Waals surface area contributed by atoms with Crippen molar-refractivity contribution in [1.82, 2.24) is 14.7 Å². The van der Waals surface area contributed by atoms with E-state index in [1.165, 1.54) is 17.0 Å². The third kappa shape index (κ3) is 4.75. The molecule has 1 aromatic carbocycles. The number of furan rings is 1. The molecule has 26 heavy (non-hydrogen) atoms. The highest BCUT2D eigenvalue weighted by molar-refractivity contribution is 5.76. The van der Waals surface area contributed by atoms with Crippen LogP contribution in [0.1, 0.15) is 5.76 Å². The summed E-state index contributed by atoms with van der Waals surface area (Å²) in [5.41, 5.74) is 1.51. The number of benzene rings is 1. The van der Waals surface area contributed by atoms with E-state index >= 15 is 0 Å². The molecule has 1 amide bonds. The molecule has 0 unspecified atom stereocenters. The minimum atomic E-state index is -4.50. The summed E-state index contributed by atoms with van der Waals surface area (Å²) in [5.74, 6) is -0.408. The van der Waals surface area contributed by atoms with Crippen LogP contribution < -0.4 is 0 Å². The summed E-state index contributed by atoms with van der Waals surface area (Å²) in [6.45, 7) is -1.89. The molecule has 0 N–H and O–H groups in total. The monoisotopic (exact) mass is 363 g/mol. The van der Waals surface area contributed by atoms with Crippen LogP contribution in [0.15, 0.2) is 65.4 Å². The molecule has 0 aliphatic carbocycles. The molecular formula is C18H16F3N3O2. The molecule has 0 saturated heterocycles. The predicted octanol–water partition coefficient (Wildman–Crippen LogP) is 3.73. The van der Waals surface area contributed by atoms with Crippen LogP contribution in [-0.4, -0.2) is 33.3 Å². The van der Waals surface area contributed by atoms with Crippen molar-refractivity contribution in [2.24, 2.45) is 0 Å². The summed E-state index contributed by atoms with van der Waals surface area (Å²) in [7, 11) is 0. The molecule has 136 valence electrons. The molecule has 0 aliphatic rings. The van der Waals surface area contributed by atoms with Gasteiger partial charge in [0.25, 0.3) is 0 Å². The van der Waals surface area contributed by atoms with Gasteiger partial charge in [-0.05, 0) is 18.2 Å². The molecule has 8 heteroatoms. The fourth-order valence-corrected chi connectivity index (χ4v) is 2.49. The molecule has 0 bridgehead atoms. The Morgan fingerprint density at radius 2 is 1.88 bits per heavy atom. The van der Waals surface area contributed by atoms with Crippen molar-refractivity contribution < 1.29 is 22.4 Å². The van der Waals surface area contributed by atoms with Crippen molar-refractivity contribution in [3.8, 4) is 11.3 Å². The van der Waals surface area contributed by atoms with Gasteiger partial charge in [0.2, 0.25) is 5.91 Å². The number of hydrogen-bond donors (Lipinski definition) is 0. The zero-order valence-corrected chi connectivity index (χ0v) is 13.7. The normalized spacial score (nSPS) is 11.5. The molecule has 0 aliphatic heterocycles. The van der Waals surface area contributed by atoms with Crippen LogP contribution in [0.5, 0.6) is 0 Å². The minimum Gasteiger partial charge on any atom is -0.467 e. The number of aromatic nitrogens is 2. The van der Waals surface area contributed by atoms with Crippen molar-refractivity contribution in [2.75, 3.05) is 6.54 Å². The molecule has 2 heterocycles. The molecule has 0 spiro atoms. The summed E-state index contributed by atoms with van der Waals surface area (Å²) in [6, 6.07) is 14.1. The Kier molecular flexibility index (Phi) is 5.11. The molecule has 0 fully saturated rings. The van der Waals surface area contributed by atoms with E-state index in [-0.39, 0.29) is 18.8 Å². The average Bonchev–Trinajstić information content (AvgIpc) is 3.26. The average molecular weight is 363 g/mol. The van der Waals surface area contributed by atoms with Gasteiger partial charge in [-0.15, -0.1) is 0 Å². The van der Waals surface area contributed by atoms with E-state index in [4.69, 9.17) is 4.42 Å². The second-order valence-electron chi connectivity index (χ2n) is 5.71. The van der Waals surface area contributed by atoms with Crippen LogP contribution in [-0.2, 0) is 17.9 Å². The largest absolute Gasteiger partial charge is 0.467 e. The number of carbonyl (C=O) groups excluding carboxylic acids is 1. The maximum atomic E-state index is 12.8. The highest BCUT2D eigenvalue weighted by atomic mass is 19.4. The first-order valence-corrected chi connectivity index (χ1v) is 7.86. The zero-order chi connectivity index (χ0) is 18.6. The summed E-state index contributed by atoms with van der Waals surface area (Å²) < 4.78 is 44.8. The molecule has 2 aromatic heterocycles. The Morgan fingerprint density at radius 3 is 2.54 bits per heavy atom. The second-order valence-corrected chi connectivity index (χ2v) is 5.71. The minimum absolute atomic E-state index is 0.252. The maximum absolute atomic E-state index is 12.8. The maximum Gasteiger partial charge on any atom is 0.406 e. The molecule has 3 rings (SSSR count). The van der Waals surface area contributed by atoms with E-state index in [0.717, 1.165) is 5.56 Å². The van der Waals surface area contributed by atoms with Gasteiger partial charge in [-0.1, -0.05) is 30.3 Å². The lowest BCUT2D eigenvalue weighted by atomic mass is 10.2. The highest BCUT2D eigenvalue weighted by Crippen LogP contribution is 2.19. The van der Waals surface area contributed by atoms with E-state index in [1.54, 1.807) is 18.3 Å². The van der Waals surface area contributed by atoms with Crippen molar-refractivity contribution in [1.29, 1.82) is 0 Å². The summed E-state index contributed by atoms with van der Waals surface area (Å²) in [6.07, 6.45) is -1.58. The molecule has 0 atom stereocenters. The first kappa shape index (κ1) is 17.8. The van der Waals surface area contributed by atoms with Gasteiger partial charge in [0.05, 0.1) is 18.5 Å². The lowest BCUT2D eigenvalue weighted by Crippen LogP contribution is -2.40. The quantitative estimate of drug-likeness (QED) is 0.671. The van der Waals surface area contributed by atoms with Gasteiger partial charge in [0.15, 0.2) is 0 Å². The lowest BCUT2D eigenvalue weighted by Gasteiger charge is -2.23. The van der Waals surface area contributed by atoms with Gasteiger partial charge in [-0.3, -0.25) is 9.48 Å². The van der Waals surface area contributed by atoms with Crippen LogP contribution in [0.4, 0.5) is 13.2 Å². The number of nitrogens with zero attached hydrogens (tertiary/aromatic N) is 3. The molecular weight excluding hydrogens is 347 g/mol. The van der Waals surface area contributed by atoms with Crippen molar-refractivity contribution in [3.05, 3.63) is 66.8 Å². The molecule has 5 nitrogen and oxygen atoms in total. The van der Waals surface area contributed by atoms with Crippen LogP contribution >= 0.6 is 0 Å². The Morgan fingerprint density at radius 1 is 1.12 bits per heavy atom. The van der Waals surface area contributed by atoms with Crippen LogP contribution in [0, 0.1) is 0 Å². The van der Waals surface area contributed by atoms with E-state index in [2.05, 4.69) is 5.10 Å². The van der Waals surface area contributed by atoms with E-state index in [9.17, 15) is 18.0 Å². The van der Waals surface area contributed by atoms with Gasteiger partial charge in [0.1, 0.15) is 18.8 Å². The Hall–Kier alpha value is -3.03. The highest BCUT2D eigenvalue weighted by Gasteiger charge is 2.33. The topological polar surface area (TPSA) is 51.3 Å². The molecule has 0 saturated carbocycles. The standard InChI is InChI=1S/C18H16F3N3O2/c19-18(20,21)13-23(11-15-7-4-10-26-15)17(25)12-24-9-8-16(22-24)14-5-2-1-3-6-14/h1-10H,11-13H2. The molecule has 0 radical (unpaired) electrons. The van der Waals surface area contributed by atoms with Gasteiger partial charge < -0.3 is 9.32 Å². The molecule has 3 aromatic rings. The zero-order valence-electron chi connectivity index (χ0n) is 13.7. The van der Waals surface area contributed by atoms with Crippen LogP contribution in [0.2, 0.25) is 0 Å². The fourth-order valence-electron chi connectivity index (χ4n) is 2.49. The number of halogens is 3. The van der Waals surface area contributed by atoms with Gasteiger partial charge in [0, 0.05) is 11.8 Å². The summed E-state index contributed by atoms with van der Waals surface area (Å²) in [5, 5.41) is 4.26. The Balaban J connectivity index is 1.72. The first-order chi connectivity index (χ1) is 12.4. The SMILES string of the molecule is O=C(Cn1ccc(-c2ccccc2)n1)N(Cc1ccco1)CC(F)(F)F. The van der Waals surface area contributed by atoms with Crippen molar-refractivity contribution in [2.45, 2.75) is 19.3 Å². The Labute approximate surface area is 147 Å². The third-order valence-electron chi connectivity index (χ3n) is 3.66. The number of hydrogen-bond acceptors (Lipinski definition) is 3. The van der Waals surface area contributed by atoms with Crippen molar-refractivity contribution in [3.63, 3.8) is 0 Å². The van der Waals surface area contributed by atoms with E-state index < -0.39 is 18.6 Å². The van der Waals surface area contributed by atoms with Gasteiger partial charge in [-0.25, -0.2) is 0 Å². The first-order valence-electron chi connectivity index (χ1n) is 7.86. The van der Waals surface area contributed by atoms with Gasteiger partial charge in [-0.2, -0.15) is 18.3 Å². The number of alkyl halides is 3. The van der Waals surface area contributed by atoms with Gasteiger partial charge >= 0.3 is 6.18 Å². The second kappa shape index (κ2) is 7.47. The van der Waals surface area contributed by atoms with Crippen LogP contribution in [0.3, 0.4) is 0 Å². The number of rotatable bonds is 6. The number of amides is 1. The van der Waals surface area contributed by atoms with Crippen molar-refractivity contribution >= 4 is 5.91 Å². The summed E-state index contributed by atoms with van der Waals surface area (Å²) in [4.78, 5) is 13.1. The van der Waals surface area contributed by atoms with E-state index in [1.807, 2.05) is 30.3 Å². The van der Waals surface area contributed by atoms with E-state index in [0.29, 0.717) is 10.6 Å². The third-order valence-corrected chi connectivity index (χ3v) is 3.66. The fraction of sp³-hybridized carbons (Fsp3) is 0.222. The summed E-state index contributed by atoms with van der Waals surface area (Å²) >= 11 is 0. The Bertz CT molecular complexity index is 842. The predicted molar refractivity (Wildman–Crippen MR) is 87.8 cm³/mol.